The van der Waals surface area contributed by atoms with Gasteiger partial charge in [0.1, 0.15) is 0 Å². The highest BCUT2D eigenvalue weighted by molar-refractivity contribution is 7.97. The molecular formula is C21H27N3O5S2. The number of hydrogen-bond donors (Lipinski definition) is 4. The summed E-state index contributed by atoms with van der Waals surface area (Å²) in [5.74, 6) is -0.936. The zero-order valence-electron chi connectivity index (χ0n) is 17.9. The normalized spacial score (nSPS) is 11.6. The van der Waals surface area contributed by atoms with Gasteiger partial charge in [0.25, 0.3) is 0 Å². The predicted molar refractivity (Wildman–Crippen MR) is 124 cm³/mol. The van der Waals surface area contributed by atoms with Crippen molar-refractivity contribution in [2.45, 2.75) is 38.5 Å². The quantitative estimate of drug-likeness (QED) is 0.441. The highest BCUT2D eigenvalue weighted by atomic mass is 32.2. The van der Waals surface area contributed by atoms with Gasteiger partial charge in [0.05, 0.1) is 17.5 Å². The lowest BCUT2D eigenvalue weighted by atomic mass is 9.87. The van der Waals surface area contributed by atoms with Gasteiger partial charge >= 0.3 is 12.0 Å². The number of carbonyl (C=O) groups is 2. The van der Waals surface area contributed by atoms with Crippen LogP contribution in [0.3, 0.4) is 0 Å². The van der Waals surface area contributed by atoms with Crippen LogP contribution in [0.2, 0.25) is 0 Å². The summed E-state index contributed by atoms with van der Waals surface area (Å²) in [4.78, 5) is 23.4. The molecule has 31 heavy (non-hydrogen) atoms. The van der Waals surface area contributed by atoms with Gasteiger partial charge in [0.15, 0.2) is 0 Å². The first-order valence-electron chi connectivity index (χ1n) is 9.44. The minimum absolute atomic E-state index is 0.00747. The number of aromatic carboxylic acids is 1. The molecule has 8 nitrogen and oxygen atoms in total. The molecule has 0 saturated carbocycles. The van der Waals surface area contributed by atoms with Crippen LogP contribution in [0.5, 0.6) is 0 Å². The van der Waals surface area contributed by atoms with Gasteiger partial charge in [-0.25, -0.2) is 18.0 Å². The van der Waals surface area contributed by atoms with E-state index in [2.05, 4.69) is 35.5 Å². The lowest BCUT2D eigenvalue weighted by Crippen LogP contribution is -2.30. The van der Waals surface area contributed by atoms with E-state index >= 15 is 0 Å². The summed E-state index contributed by atoms with van der Waals surface area (Å²) in [5.41, 5.74) is 2.72. The zero-order valence-corrected chi connectivity index (χ0v) is 19.5. The Morgan fingerprint density at radius 2 is 1.65 bits per heavy atom. The lowest BCUT2D eigenvalue weighted by molar-refractivity contribution is 0.0698. The topological polar surface area (TPSA) is 125 Å². The van der Waals surface area contributed by atoms with Crippen LogP contribution in [0.4, 0.5) is 10.5 Å². The fourth-order valence-corrected chi connectivity index (χ4v) is 3.87. The molecule has 2 aromatic carbocycles. The second-order valence-corrected chi connectivity index (χ2v) is 10.6. The molecule has 0 aliphatic rings. The molecule has 0 bridgehead atoms. The largest absolute Gasteiger partial charge is 0.478 e. The molecule has 0 aliphatic heterocycles. The van der Waals surface area contributed by atoms with Crippen molar-refractivity contribution in [3.63, 3.8) is 0 Å². The van der Waals surface area contributed by atoms with Gasteiger partial charge in [0, 0.05) is 12.3 Å². The zero-order chi connectivity index (χ0) is 23.2. The summed E-state index contributed by atoms with van der Waals surface area (Å²) in [6, 6.07) is 12.1. The molecule has 0 heterocycles. The molecule has 0 fully saturated rings. The van der Waals surface area contributed by atoms with E-state index in [0.29, 0.717) is 17.9 Å². The van der Waals surface area contributed by atoms with Crippen LogP contribution >= 0.6 is 11.9 Å². The highest BCUT2D eigenvalue weighted by Crippen LogP contribution is 2.22. The third-order valence-corrected chi connectivity index (χ3v) is 5.68. The number of hydrogen-bond acceptors (Lipinski definition) is 5. The highest BCUT2D eigenvalue weighted by Gasteiger charge is 2.15. The molecule has 0 aliphatic carbocycles. The Hall–Kier alpha value is -2.72. The second kappa shape index (κ2) is 10.1. The van der Waals surface area contributed by atoms with Crippen LogP contribution in [-0.4, -0.2) is 31.8 Å². The van der Waals surface area contributed by atoms with Crippen LogP contribution in [0.15, 0.2) is 42.5 Å². The summed E-state index contributed by atoms with van der Waals surface area (Å²) in [6.07, 6.45) is 0.948. The molecule has 0 aromatic heterocycles. The molecule has 0 radical (unpaired) electrons. The van der Waals surface area contributed by atoms with E-state index in [9.17, 15) is 23.1 Å². The Bertz CT molecular complexity index is 1050. The van der Waals surface area contributed by atoms with Crippen molar-refractivity contribution in [2.24, 2.45) is 0 Å². The van der Waals surface area contributed by atoms with Gasteiger partial charge in [-0.2, -0.15) is 0 Å². The third-order valence-electron chi connectivity index (χ3n) is 4.29. The molecule has 0 unspecified atom stereocenters. The molecule has 4 N–H and O–H groups in total. The number of anilines is 1. The fourth-order valence-electron chi connectivity index (χ4n) is 2.67. The van der Waals surface area contributed by atoms with Crippen molar-refractivity contribution in [3.8, 4) is 0 Å². The van der Waals surface area contributed by atoms with E-state index in [-0.39, 0.29) is 22.7 Å². The van der Waals surface area contributed by atoms with Gasteiger partial charge in [-0.05, 0) is 46.2 Å². The van der Waals surface area contributed by atoms with Crippen molar-refractivity contribution < 1.29 is 23.1 Å². The van der Waals surface area contributed by atoms with Crippen molar-refractivity contribution in [3.05, 3.63) is 64.7 Å². The molecular weight excluding hydrogens is 438 g/mol. The molecule has 2 amide bonds. The number of amides is 2. The van der Waals surface area contributed by atoms with E-state index in [1.807, 2.05) is 24.3 Å². The minimum Gasteiger partial charge on any atom is -0.478 e. The average molecular weight is 466 g/mol. The van der Waals surface area contributed by atoms with Gasteiger partial charge in [-0.3, -0.25) is 9.44 Å². The number of carboxylic acids is 1. The first kappa shape index (κ1) is 24.5. The van der Waals surface area contributed by atoms with Gasteiger partial charge in [0.2, 0.25) is 10.0 Å². The summed E-state index contributed by atoms with van der Waals surface area (Å²) < 4.78 is 27.6. The second-order valence-electron chi connectivity index (χ2n) is 8.08. The maximum absolute atomic E-state index is 12.0. The molecule has 0 spiro atoms. The van der Waals surface area contributed by atoms with Crippen molar-refractivity contribution in [1.82, 2.24) is 10.0 Å². The van der Waals surface area contributed by atoms with E-state index in [0.717, 1.165) is 23.8 Å². The summed E-state index contributed by atoms with van der Waals surface area (Å²) in [7, 11) is -3.60. The van der Waals surface area contributed by atoms with Crippen molar-refractivity contribution >= 4 is 39.7 Å². The Balaban J connectivity index is 1.86. The van der Waals surface area contributed by atoms with Crippen LogP contribution < -0.4 is 14.8 Å². The van der Waals surface area contributed by atoms with Crippen LogP contribution in [0.25, 0.3) is 0 Å². The molecule has 0 atom stereocenters. The van der Waals surface area contributed by atoms with Crippen LogP contribution in [0, 0.1) is 0 Å². The predicted octanol–water partition coefficient (Wildman–Crippen LogP) is 3.70. The van der Waals surface area contributed by atoms with Gasteiger partial charge in [-0.1, -0.05) is 51.1 Å². The average Bonchev–Trinajstić information content (AvgIpc) is 2.65. The van der Waals surface area contributed by atoms with E-state index < -0.39 is 16.0 Å². The summed E-state index contributed by atoms with van der Waals surface area (Å²) in [5, 5.41) is 12.1. The maximum Gasteiger partial charge on any atom is 0.337 e. The Labute approximate surface area is 187 Å². The maximum atomic E-state index is 12.0. The molecule has 10 heteroatoms. The van der Waals surface area contributed by atoms with Gasteiger partial charge in [-0.15, -0.1) is 0 Å². The number of benzene rings is 2. The van der Waals surface area contributed by atoms with E-state index in [1.165, 1.54) is 17.7 Å². The smallest absolute Gasteiger partial charge is 0.337 e. The third kappa shape index (κ3) is 8.14. The van der Waals surface area contributed by atoms with E-state index in [4.69, 9.17) is 0 Å². The molecule has 168 valence electrons. The Kier molecular flexibility index (Phi) is 7.96. The van der Waals surface area contributed by atoms with E-state index in [1.54, 1.807) is 6.07 Å². The summed E-state index contributed by atoms with van der Waals surface area (Å²) in [6.45, 7) is 6.80. The molecule has 2 rings (SSSR count). The minimum atomic E-state index is -3.60. The monoisotopic (exact) mass is 465 g/mol. The Morgan fingerprint density at radius 1 is 1.03 bits per heavy atom. The number of nitrogens with one attached hydrogen (secondary N) is 3. The molecule has 0 saturated heterocycles. The number of carboxylic acid groups (broad SMARTS) is 1. The summed E-state index contributed by atoms with van der Waals surface area (Å²) >= 11 is 1.10. The lowest BCUT2D eigenvalue weighted by Gasteiger charge is -2.19. The Morgan fingerprint density at radius 3 is 2.19 bits per heavy atom. The number of rotatable bonds is 8. The van der Waals surface area contributed by atoms with Gasteiger partial charge < -0.3 is 10.4 Å². The van der Waals surface area contributed by atoms with Crippen LogP contribution in [0.1, 0.15) is 47.8 Å². The van der Waals surface area contributed by atoms with Crippen molar-refractivity contribution in [2.75, 3.05) is 11.0 Å². The molecule has 2 aromatic rings. The standard InChI is InChI=1S/C21H27N3O5S2/c1-21(2,3)16-8-5-14(6-9-16)12-22-20(27)23-30-13-15-7-10-18(24-31(4,28)29)17(11-15)19(25)26/h5-11,24H,12-13H2,1-4H3,(H,25,26)(H2,22,23,27). The first-order chi connectivity index (χ1) is 14.3. The number of urea groups is 1. The number of carbonyl (C=O) groups excluding carboxylic acids is 1. The van der Waals surface area contributed by atoms with Crippen LogP contribution in [-0.2, 0) is 27.7 Å². The first-order valence-corrected chi connectivity index (χ1v) is 12.3. The van der Waals surface area contributed by atoms with Crippen molar-refractivity contribution in [1.29, 1.82) is 0 Å². The fraction of sp³-hybridized carbons (Fsp3) is 0.333. The number of sulfonamides is 1. The SMILES string of the molecule is CC(C)(C)c1ccc(CNC(=O)NSCc2ccc(NS(C)(=O)=O)c(C(=O)O)c2)cc1.